The highest BCUT2D eigenvalue weighted by Gasteiger charge is 2.22. The molecule has 0 bridgehead atoms. The maximum atomic E-state index is 12.7. The molecule has 25 heavy (non-hydrogen) atoms. The van der Waals surface area contributed by atoms with Gasteiger partial charge in [-0.05, 0) is 29.5 Å². The molecule has 0 aliphatic carbocycles. The molecule has 0 aliphatic rings. The van der Waals surface area contributed by atoms with Gasteiger partial charge < -0.3 is 4.98 Å². The van der Waals surface area contributed by atoms with Crippen molar-refractivity contribution in [2.45, 2.75) is 4.90 Å². The number of hydrogen-bond donors (Lipinski definition) is 1. The number of benzene rings is 2. The minimum absolute atomic E-state index is 0.215. The Kier molecular flexibility index (Phi) is 5.26. The normalized spacial score (nSPS) is 10.7. The van der Waals surface area contributed by atoms with Crippen LogP contribution >= 0.6 is 11.8 Å². The van der Waals surface area contributed by atoms with Gasteiger partial charge in [-0.15, -0.1) is 11.8 Å². The third kappa shape index (κ3) is 3.48. The molecule has 3 rings (SSSR count). The van der Waals surface area contributed by atoms with Crippen molar-refractivity contribution in [2.24, 2.45) is 0 Å². The van der Waals surface area contributed by atoms with Gasteiger partial charge in [0.2, 0.25) is 0 Å². The monoisotopic (exact) mass is 352 g/mol. The van der Waals surface area contributed by atoms with Crippen LogP contribution in [0.1, 0.15) is 10.5 Å². The van der Waals surface area contributed by atoms with E-state index in [1.54, 1.807) is 18.8 Å². The summed E-state index contributed by atoms with van der Waals surface area (Å²) in [6, 6.07) is 18.2. The lowest BCUT2D eigenvalue weighted by Crippen LogP contribution is -2.26. The fourth-order valence-corrected chi connectivity index (χ4v) is 3.14. The summed E-state index contributed by atoms with van der Waals surface area (Å²) in [5.41, 5.74) is 4.44. The van der Waals surface area contributed by atoms with Crippen LogP contribution in [-0.2, 0) is 4.84 Å². The first-order valence-corrected chi connectivity index (χ1v) is 9.11. The van der Waals surface area contributed by atoms with Gasteiger partial charge in [0.15, 0.2) is 0 Å². The average Bonchev–Trinajstić information content (AvgIpc) is 3.12. The quantitative estimate of drug-likeness (QED) is 0.534. The molecule has 2 aromatic carbocycles. The lowest BCUT2D eigenvalue weighted by molar-refractivity contribution is -0.0759. The summed E-state index contributed by atoms with van der Waals surface area (Å²) < 4.78 is 0. The second kappa shape index (κ2) is 7.59. The first kappa shape index (κ1) is 17.3. The van der Waals surface area contributed by atoms with Crippen LogP contribution < -0.4 is 0 Å². The van der Waals surface area contributed by atoms with Gasteiger partial charge in [-0.1, -0.05) is 42.5 Å². The van der Waals surface area contributed by atoms with Crippen molar-refractivity contribution in [3.8, 4) is 22.3 Å². The number of H-pyrrole nitrogens is 1. The molecule has 5 heteroatoms. The van der Waals surface area contributed by atoms with Crippen LogP contribution in [0, 0.1) is 0 Å². The van der Waals surface area contributed by atoms with Crippen LogP contribution in [0.15, 0.2) is 65.7 Å². The number of hydroxylamine groups is 2. The summed E-state index contributed by atoms with van der Waals surface area (Å²) in [6.45, 7) is 0. The molecule has 3 aromatic rings. The van der Waals surface area contributed by atoms with Crippen molar-refractivity contribution in [1.82, 2.24) is 10.0 Å². The van der Waals surface area contributed by atoms with Crippen LogP contribution in [0.5, 0.6) is 0 Å². The molecule has 4 nitrogen and oxygen atoms in total. The Hall–Kier alpha value is -2.50. The van der Waals surface area contributed by atoms with Crippen molar-refractivity contribution in [2.75, 3.05) is 20.4 Å². The van der Waals surface area contributed by atoms with E-state index in [-0.39, 0.29) is 5.91 Å². The first-order chi connectivity index (χ1) is 12.2. The van der Waals surface area contributed by atoms with Crippen LogP contribution in [0.25, 0.3) is 22.3 Å². The SMILES string of the molecule is CON(C)C(=O)c1[nH]cc(-c2ccc(SC)cc2)c1-c1ccccc1. The fraction of sp³-hybridized carbons (Fsp3) is 0.150. The van der Waals surface area contributed by atoms with Gasteiger partial charge in [-0.25, -0.2) is 5.06 Å². The van der Waals surface area contributed by atoms with Gasteiger partial charge in [-0.2, -0.15) is 0 Å². The standard InChI is InChI=1S/C20H20N2O2S/c1-22(24-2)20(23)19-18(15-7-5-4-6-8-15)17(13-21-19)14-9-11-16(25-3)12-10-14/h4-13,21H,1-3H3. The molecular formula is C20H20N2O2S. The van der Waals surface area contributed by atoms with Gasteiger partial charge in [0.25, 0.3) is 5.91 Å². The van der Waals surface area contributed by atoms with Crippen LogP contribution in [0.3, 0.4) is 0 Å². The smallest absolute Gasteiger partial charge is 0.294 e. The third-order valence-electron chi connectivity index (χ3n) is 4.12. The number of thioether (sulfide) groups is 1. The summed E-state index contributed by atoms with van der Waals surface area (Å²) in [6.07, 6.45) is 3.94. The van der Waals surface area contributed by atoms with E-state index < -0.39 is 0 Å². The van der Waals surface area contributed by atoms with E-state index in [1.165, 1.54) is 17.1 Å². The zero-order valence-electron chi connectivity index (χ0n) is 14.4. The highest BCUT2D eigenvalue weighted by molar-refractivity contribution is 7.98. The molecule has 1 aromatic heterocycles. The van der Waals surface area contributed by atoms with Crippen molar-refractivity contribution in [3.05, 3.63) is 66.5 Å². The van der Waals surface area contributed by atoms with Crippen LogP contribution in [0.2, 0.25) is 0 Å². The van der Waals surface area contributed by atoms with Gasteiger partial charge in [0.05, 0.1) is 7.11 Å². The van der Waals surface area contributed by atoms with E-state index in [1.807, 2.05) is 36.5 Å². The highest BCUT2D eigenvalue weighted by atomic mass is 32.2. The topological polar surface area (TPSA) is 45.3 Å². The summed E-state index contributed by atoms with van der Waals surface area (Å²) in [5.74, 6) is -0.215. The van der Waals surface area contributed by atoms with Gasteiger partial charge >= 0.3 is 0 Å². The maximum absolute atomic E-state index is 12.7. The number of nitrogens with zero attached hydrogens (tertiary/aromatic N) is 1. The number of aromatic amines is 1. The molecule has 0 fully saturated rings. The number of amides is 1. The Balaban J connectivity index is 2.15. The lowest BCUT2D eigenvalue weighted by atomic mass is 9.96. The molecular weight excluding hydrogens is 332 g/mol. The van der Waals surface area contributed by atoms with Gasteiger partial charge in [0, 0.05) is 29.3 Å². The van der Waals surface area contributed by atoms with E-state index in [2.05, 4.69) is 35.5 Å². The number of rotatable bonds is 5. The van der Waals surface area contributed by atoms with Crippen molar-refractivity contribution >= 4 is 17.7 Å². The van der Waals surface area contributed by atoms with Crippen molar-refractivity contribution in [3.63, 3.8) is 0 Å². The molecule has 0 radical (unpaired) electrons. The molecule has 0 aliphatic heterocycles. The molecule has 0 saturated heterocycles. The number of carbonyl (C=O) groups excluding carboxylic acids is 1. The summed E-state index contributed by atoms with van der Waals surface area (Å²) >= 11 is 1.71. The minimum atomic E-state index is -0.215. The van der Waals surface area contributed by atoms with E-state index in [0.29, 0.717) is 5.69 Å². The predicted molar refractivity (Wildman–Crippen MR) is 103 cm³/mol. The summed E-state index contributed by atoms with van der Waals surface area (Å²) in [5, 5.41) is 1.22. The molecule has 128 valence electrons. The Morgan fingerprint density at radius 2 is 1.72 bits per heavy atom. The average molecular weight is 352 g/mol. The van der Waals surface area contributed by atoms with Crippen LogP contribution in [0.4, 0.5) is 0 Å². The zero-order chi connectivity index (χ0) is 17.8. The van der Waals surface area contributed by atoms with Gasteiger partial charge in [0.1, 0.15) is 5.69 Å². The highest BCUT2D eigenvalue weighted by Crippen LogP contribution is 2.36. The molecule has 1 N–H and O–H groups in total. The molecule has 0 spiro atoms. The number of nitrogens with one attached hydrogen (secondary N) is 1. The predicted octanol–water partition coefficient (Wildman–Crippen LogP) is 4.70. The molecule has 0 unspecified atom stereocenters. The Morgan fingerprint density at radius 3 is 2.32 bits per heavy atom. The summed E-state index contributed by atoms with van der Waals surface area (Å²) in [7, 11) is 3.08. The third-order valence-corrected chi connectivity index (χ3v) is 4.86. The Labute approximate surface area is 151 Å². The molecule has 1 amide bonds. The number of hydrogen-bond acceptors (Lipinski definition) is 3. The molecule has 0 atom stereocenters. The second-order valence-corrected chi connectivity index (χ2v) is 6.41. The van der Waals surface area contributed by atoms with Gasteiger partial charge in [-0.3, -0.25) is 9.63 Å². The maximum Gasteiger partial charge on any atom is 0.294 e. The largest absolute Gasteiger partial charge is 0.356 e. The van der Waals surface area contributed by atoms with E-state index in [9.17, 15) is 4.79 Å². The van der Waals surface area contributed by atoms with E-state index >= 15 is 0 Å². The minimum Gasteiger partial charge on any atom is -0.356 e. The second-order valence-electron chi connectivity index (χ2n) is 5.53. The van der Waals surface area contributed by atoms with E-state index in [4.69, 9.17) is 4.84 Å². The zero-order valence-corrected chi connectivity index (χ0v) is 15.3. The number of aromatic nitrogens is 1. The van der Waals surface area contributed by atoms with Crippen LogP contribution in [-0.4, -0.2) is 36.4 Å². The van der Waals surface area contributed by atoms with Crippen molar-refractivity contribution in [1.29, 1.82) is 0 Å². The lowest BCUT2D eigenvalue weighted by Gasteiger charge is -2.14. The van der Waals surface area contributed by atoms with Crippen molar-refractivity contribution < 1.29 is 9.63 Å². The molecule has 0 saturated carbocycles. The Morgan fingerprint density at radius 1 is 1.04 bits per heavy atom. The number of carbonyl (C=O) groups is 1. The first-order valence-electron chi connectivity index (χ1n) is 7.89. The molecule has 1 heterocycles. The Bertz CT molecular complexity index is 857. The fourth-order valence-electron chi connectivity index (χ4n) is 2.74. The summed E-state index contributed by atoms with van der Waals surface area (Å²) in [4.78, 5) is 22.1. The van der Waals surface area contributed by atoms with E-state index in [0.717, 1.165) is 22.3 Å².